The van der Waals surface area contributed by atoms with Crippen molar-refractivity contribution in [1.82, 2.24) is 5.32 Å². The van der Waals surface area contributed by atoms with Crippen molar-refractivity contribution in [3.63, 3.8) is 0 Å². The van der Waals surface area contributed by atoms with Crippen LogP contribution in [0.25, 0.3) is 0 Å². The van der Waals surface area contributed by atoms with E-state index in [-0.39, 0.29) is 12.1 Å². The molecule has 2 aromatic rings. The number of carbonyl (C=O) groups is 2. The zero-order valence-electron chi connectivity index (χ0n) is 13.8. The van der Waals surface area contributed by atoms with Crippen LogP contribution in [-0.2, 0) is 26.9 Å². The highest BCUT2D eigenvalue weighted by atomic mass is 35.5. The highest BCUT2D eigenvalue weighted by Crippen LogP contribution is 2.16. The molecule has 0 bridgehead atoms. The van der Waals surface area contributed by atoms with Crippen LogP contribution in [0, 0.1) is 0 Å². The van der Waals surface area contributed by atoms with Crippen molar-refractivity contribution >= 4 is 34.3 Å². The van der Waals surface area contributed by atoms with Crippen molar-refractivity contribution in [2.45, 2.75) is 24.5 Å². The van der Waals surface area contributed by atoms with Gasteiger partial charge in [0.15, 0.2) is 6.10 Å². The predicted octanol–water partition coefficient (Wildman–Crippen LogP) is 2.94. The first-order valence-corrected chi connectivity index (χ1v) is 9.48. The minimum Gasteiger partial charge on any atom is -0.449 e. The van der Waals surface area contributed by atoms with Gasteiger partial charge in [0, 0.05) is 17.8 Å². The second-order valence-corrected chi connectivity index (χ2v) is 7.06. The Kier molecular flexibility index (Phi) is 6.73. The third-order valence-electron chi connectivity index (χ3n) is 3.48. The molecular weight excluding hydrogens is 362 g/mol. The summed E-state index contributed by atoms with van der Waals surface area (Å²) in [5, 5.41) is 3.22. The second kappa shape index (κ2) is 8.78. The maximum Gasteiger partial charge on any atom is 0.340 e. The Morgan fingerprint density at radius 3 is 2.48 bits per heavy atom. The first-order chi connectivity index (χ1) is 11.9. The standard InChI is InChI=1S/C18H18ClNO4S/c1-12(17(21)20-11-13-7-3-5-9-15(13)19)24-18(22)14-8-4-6-10-16(14)25(2)23/h3-10,12H,11H2,1-2H3,(H,20,21)/t12-,25+/m0/s1. The van der Waals surface area contributed by atoms with Crippen molar-refractivity contribution in [2.24, 2.45) is 0 Å². The summed E-state index contributed by atoms with van der Waals surface area (Å²) in [5.41, 5.74) is 0.955. The molecule has 2 rings (SSSR count). The van der Waals surface area contributed by atoms with E-state index in [4.69, 9.17) is 16.3 Å². The molecule has 0 aliphatic heterocycles. The smallest absolute Gasteiger partial charge is 0.340 e. The summed E-state index contributed by atoms with van der Waals surface area (Å²) in [5.74, 6) is -1.13. The number of hydrogen-bond donors (Lipinski definition) is 1. The van der Waals surface area contributed by atoms with E-state index in [0.717, 1.165) is 5.56 Å². The molecule has 2 atom stereocenters. The molecule has 0 spiro atoms. The third kappa shape index (κ3) is 5.14. The average molecular weight is 380 g/mol. The Hall–Kier alpha value is -2.18. The molecule has 0 saturated heterocycles. The van der Waals surface area contributed by atoms with Gasteiger partial charge in [-0.3, -0.25) is 9.00 Å². The summed E-state index contributed by atoms with van der Waals surface area (Å²) >= 11 is 6.03. The molecule has 0 aromatic heterocycles. The molecule has 0 aliphatic carbocycles. The number of halogens is 1. The van der Waals surface area contributed by atoms with E-state index in [1.165, 1.54) is 19.2 Å². The van der Waals surface area contributed by atoms with E-state index in [1.54, 1.807) is 36.4 Å². The van der Waals surface area contributed by atoms with Gasteiger partial charge >= 0.3 is 5.97 Å². The molecule has 0 aliphatic rings. The van der Waals surface area contributed by atoms with Crippen LogP contribution in [0.15, 0.2) is 53.4 Å². The van der Waals surface area contributed by atoms with E-state index in [2.05, 4.69) is 5.32 Å². The summed E-state index contributed by atoms with van der Waals surface area (Å²) in [6, 6.07) is 13.6. The topological polar surface area (TPSA) is 72.5 Å². The lowest BCUT2D eigenvalue weighted by Gasteiger charge is -2.15. The van der Waals surface area contributed by atoms with E-state index in [1.807, 2.05) is 6.07 Å². The fourth-order valence-corrected chi connectivity index (χ4v) is 3.07. The summed E-state index contributed by atoms with van der Waals surface area (Å²) in [6.45, 7) is 1.71. The lowest BCUT2D eigenvalue weighted by atomic mass is 10.2. The van der Waals surface area contributed by atoms with Gasteiger partial charge in [-0.25, -0.2) is 4.79 Å². The van der Waals surface area contributed by atoms with Crippen molar-refractivity contribution in [3.05, 3.63) is 64.7 Å². The number of nitrogens with one attached hydrogen (secondary N) is 1. The maximum absolute atomic E-state index is 12.3. The van der Waals surface area contributed by atoms with Gasteiger partial charge in [0.25, 0.3) is 5.91 Å². The Labute approximate surface area is 153 Å². The van der Waals surface area contributed by atoms with Gasteiger partial charge in [0.2, 0.25) is 0 Å². The van der Waals surface area contributed by atoms with Crippen molar-refractivity contribution < 1.29 is 18.5 Å². The summed E-state index contributed by atoms with van der Waals surface area (Å²) in [6.07, 6.45) is 0.486. The molecule has 25 heavy (non-hydrogen) atoms. The minimum absolute atomic E-state index is 0.189. The van der Waals surface area contributed by atoms with Gasteiger partial charge in [-0.15, -0.1) is 0 Å². The molecule has 1 N–H and O–H groups in total. The predicted molar refractivity (Wildman–Crippen MR) is 97.0 cm³/mol. The normalized spacial score (nSPS) is 12.9. The second-order valence-electron chi connectivity index (χ2n) is 5.31. The molecule has 5 nitrogen and oxygen atoms in total. The molecule has 7 heteroatoms. The first kappa shape index (κ1) is 19.1. The van der Waals surface area contributed by atoms with Crippen LogP contribution in [0.2, 0.25) is 5.02 Å². The fourth-order valence-electron chi connectivity index (χ4n) is 2.13. The van der Waals surface area contributed by atoms with Crippen LogP contribution in [0.4, 0.5) is 0 Å². The zero-order chi connectivity index (χ0) is 18.4. The number of esters is 1. The molecule has 1 amide bonds. The number of benzene rings is 2. The van der Waals surface area contributed by atoms with Gasteiger partial charge in [0.05, 0.1) is 21.3 Å². The van der Waals surface area contributed by atoms with Gasteiger partial charge < -0.3 is 10.1 Å². The number of hydrogen-bond acceptors (Lipinski definition) is 4. The highest BCUT2D eigenvalue weighted by Gasteiger charge is 2.21. The van der Waals surface area contributed by atoms with Crippen LogP contribution >= 0.6 is 11.6 Å². The van der Waals surface area contributed by atoms with Crippen molar-refractivity contribution in [1.29, 1.82) is 0 Å². The lowest BCUT2D eigenvalue weighted by molar-refractivity contribution is -0.129. The van der Waals surface area contributed by atoms with Crippen LogP contribution in [0.1, 0.15) is 22.8 Å². The average Bonchev–Trinajstić information content (AvgIpc) is 2.60. The summed E-state index contributed by atoms with van der Waals surface area (Å²) in [4.78, 5) is 24.7. The van der Waals surface area contributed by atoms with Gasteiger partial charge in [-0.1, -0.05) is 41.9 Å². The first-order valence-electron chi connectivity index (χ1n) is 7.54. The molecule has 0 unspecified atom stereocenters. The Morgan fingerprint density at radius 2 is 1.80 bits per heavy atom. The van der Waals surface area contributed by atoms with E-state index < -0.39 is 28.8 Å². The molecule has 0 fully saturated rings. The van der Waals surface area contributed by atoms with Crippen LogP contribution < -0.4 is 5.32 Å². The van der Waals surface area contributed by atoms with Crippen LogP contribution in [-0.4, -0.2) is 28.4 Å². The minimum atomic E-state index is -1.33. The lowest BCUT2D eigenvalue weighted by Crippen LogP contribution is -2.35. The number of amides is 1. The molecule has 0 heterocycles. The molecule has 0 radical (unpaired) electrons. The molecule has 2 aromatic carbocycles. The van der Waals surface area contributed by atoms with E-state index >= 15 is 0 Å². The number of ether oxygens (including phenoxy) is 1. The number of carbonyl (C=O) groups excluding carboxylic acids is 2. The van der Waals surface area contributed by atoms with Gasteiger partial charge in [-0.2, -0.15) is 0 Å². The Balaban J connectivity index is 1.98. The van der Waals surface area contributed by atoms with Crippen LogP contribution in [0.5, 0.6) is 0 Å². The third-order valence-corrected chi connectivity index (χ3v) is 4.82. The Bertz CT molecular complexity index is 809. The highest BCUT2D eigenvalue weighted by molar-refractivity contribution is 7.84. The number of rotatable bonds is 6. The maximum atomic E-state index is 12.3. The largest absolute Gasteiger partial charge is 0.449 e. The van der Waals surface area contributed by atoms with Crippen molar-refractivity contribution in [2.75, 3.05) is 6.26 Å². The molecule has 132 valence electrons. The fraction of sp³-hybridized carbons (Fsp3) is 0.222. The van der Waals surface area contributed by atoms with Gasteiger partial charge in [-0.05, 0) is 30.7 Å². The molecular formula is C18H18ClNO4S. The zero-order valence-corrected chi connectivity index (χ0v) is 15.4. The summed E-state index contributed by atoms with van der Waals surface area (Å²) in [7, 11) is -1.33. The van der Waals surface area contributed by atoms with E-state index in [0.29, 0.717) is 9.92 Å². The Morgan fingerprint density at radius 1 is 1.16 bits per heavy atom. The van der Waals surface area contributed by atoms with E-state index in [9.17, 15) is 13.8 Å². The SMILES string of the molecule is C[C@H](OC(=O)c1ccccc1[S@@](C)=O)C(=O)NCc1ccccc1Cl. The monoisotopic (exact) mass is 379 g/mol. The van der Waals surface area contributed by atoms with Crippen LogP contribution in [0.3, 0.4) is 0 Å². The molecule has 0 saturated carbocycles. The van der Waals surface area contributed by atoms with Crippen molar-refractivity contribution in [3.8, 4) is 0 Å². The quantitative estimate of drug-likeness (QED) is 0.783. The van der Waals surface area contributed by atoms with Gasteiger partial charge in [0.1, 0.15) is 0 Å². The summed E-state index contributed by atoms with van der Waals surface area (Å²) < 4.78 is 16.9.